The second-order valence-corrected chi connectivity index (χ2v) is 8.15. The molecule has 0 atom stereocenters. The summed E-state index contributed by atoms with van der Waals surface area (Å²) in [6, 6.07) is 14.2. The third kappa shape index (κ3) is 5.06. The average molecular weight is 509 g/mol. The number of hydrogen-bond acceptors (Lipinski definition) is 5. The van der Waals surface area contributed by atoms with E-state index in [4.69, 9.17) is 30.5 Å². The largest absolute Gasteiger partial charge is 0.493 e. The Hall–Kier alpha value is -2.48. The van der Waals surface area contributed by atoms with E-state index < -0.39 is 5.82 Å². The van der Waals surface area contributed by atoms with E-state index in [2.05, 4.69) is 21.2 Å². The predicted molar refractivity (Wildman–Crippen MR) is 120 cm³/mol. The number of nitrogens with one attached hydrogen (secondary N) is 1. The van der Waals surface area contributed by atoms with E-state index >= 15 is 0 Å². The number of methoxy groups -OCH3 is 1. The molecular weight excluding hydrogens is 489 g/mol. The number of hydrogen-bond donors (Lipinski definition) is 1. The molecule has 0 spiro atoms. The maximum atomic E-state index is 14.0. The maximum absolute atomic E-state index is 14.0. The van der Waals surface area contributed by atoms with Gasteiger partial charge in [0.25, 0.3) is 0 Å². The van der Waals surface area contributed by atoms with Gasteiger partial charge in [-0.25, -0.2) is 4.39 Å². The molecular formula is C23H20BrClFNO4. The first-order valence-corrected chi connectivity index (χ1v) is 10.7. The fourth-order valence-electron chi connectivity index (χ4n) is 3.23. The quantitative estimate of drug-likeness (QED) is 0.414. The van der Waals surface area contributed by atoms with Crippen molar-refractivity contribution < 1.29 is 23.3 Å². The van der Waals surface area contributed by atoms with Crippen molar-refractivity contribution in [3.8, 4) is 23.0 Å². The number of benzene rings is 3. The summed E-state index contributed by atoms with van der Waals surface area (Å²) < 4.78 is 36.8. The summed E-state index contributed by atoms with van der Waals surface area (Å²) in [7, 11) is 1.56. The van der Waals surface area contributed by atoms with Gasteiger partial charge in [0.15, 0.2) is 23.0 Å². The van der Waals surface area contributed by atoms with Crippen molar-refractivity contribution in [1.29, 1.82) is 0 Å². The number of rotatable bonds is 8. The van der Waals surface area contributed by atoms with E-state index in [0.29, 0.717) is 39.6 Å². The molecule has 0 aliphatic carbocycles. The molecule has 4 rings (SSSR count). The molecule has 31 heavy (non-hydrogen) atoms. The van der Waals surface area contributed by atoms with Crippen LogP contribution in [0.2, 0.25) is 5.02 Å². The fraction of sp³-hybridized carbons (Fsp3) is 0.217. The summed E-state index contributed by atoms with van der Waals surface area (Å²) in [5.74, 6) is 2.15. The van der Waals surface area contributed by atoms with Gasteiger partial charge in [-0.2, -0.15) is 0 Å². The van der Waals surface area contributed by atoms with E-state index in [1.165, 1.54) is 6.07 Å². The Morgan fingerprint density at radius 1 is 1.06 bits per heavy atom. The average Bonchev–Trinajstić information content (AvgIpc) is 3.22. The van der Waals surface area contributed by atoms with Crippen LogP contribution in [0.4, 0.5) is 4.39 Å². The van der Waals surface area contributed by atoms with Gasteiger partial charge >= 0.3 is 0 Å². The molecule has 1 heterocycles. The zero-order valence-electron chi connectivity index (χ0n) is 16.7. The van der Waals surface area contributed by atoms with Crippen molar-refractivity contribution >= 4 is 27.5 Å². The second kappa shape index (κ2) is 9.77. The zero-order valence-corrected chi connectivity index (χ0v) is 19.1. The van der Waals surface area contributed by atoms with Crippen LogP contribution in [0, 0.1) is 5.82 Å². The lowest BCUT2D eigenvalue weighted by molar-refractivity contribution is 0.174. The Morgan fingerprint density at radius 2 is 1.87 bits per heavy atom. The van der Waals surface area contributed by atoms with Crippen LogP contribution in [0.25, 0.3) is 0 Å². The standard InChI is InChI=1S/C23H20BrClFNO4/c1-28-22-9-15(11-27-10-14-5-6-20-21(8-14)31-13-30-20)7-17(24)23(22)29-12-16-18(25)3-2-4-19(16)26/h2-9,27H,10-13H2,1H3. The molecule has 3 aromatic rings. The summed E-state index contributed by atoms with van der Waals surface area (Å²) in [5, 5.41) is 3.72. The Balaban J connectivity index is 1.41. The van der Waals surface area contributed by atoms with Crippen molar-refractivity contribution in [2.75, 3.05) is 13.9 Å². The van der Waals surface area contributed by atoms with Crippen molar-refractivity contribution in [3.05, 3.63) is 80.5 Å². The van der Waals surface area contributed by atoms with Gasteiger partial charge in [-0.1, -0.05) is 23.7 Å². The minimum atomic E-state index is -0.410. The molecule has 0 bridgehead atoms. The second-order valence-electron chi connectivity index (χ2n) is 6.89. The summed E-state index contributed by atoms with van der Waals surface area (Å²) in [6.45, 7) is 1.53. The van der Waals surface area contributed by atoms with Gasteiger partial charge < -0.3 is 24.3 Å². The topological polar surface area (TPSA) is 49.0 Å². The molecule has 0 radical (unpaired) electrons. The fourth-order valence-corrected chi connectivity index (χ4v) is 4.05. The summed E-state index contributed by atoms with van der Waals surface area (Å²) >= 11 is 9.62. The summed E-state index contributed by atoms with van der Waals surface area (Å²) in [6.07, 6.45) is 0. The molecule has 1 N–H and O–H groups in total. The van der Waals surface area contributed by atoms with Gasteiger partial charge in [-0.05, 0) is 63.5 Å². The zero-order chi connectivity index (χ0) is 21.8. The Labute approximate surface area is 193 Å². The molecule has 1 aliphatic heterocycles. The van der Waals surface area contributed by atoms with E-state index in [0.717, 1.165) is 22.6 Å². The van der Waals surface area contributed by atoms with Crippen molar-refractivity contribution in [3.63, 3.8) is 0 Å². The van der Waals surface area contributed by atoms with Crippen molar-refractivity contribution in [2.24, 2.45) is 0 Å². The number of halogens is 3. The molecule has 0 fully saturated rings. The van der Waals surface area contributed by atoms with Gasteiger partial charge in [0.05, 0.1) is 16.6 Å². The number of ether oxygens (including phenoxy) is 4. The molecule has 1 aliphatic rings. The highest BCUT2D eigenvalue weighted by Crippen LogP contribution is 2.38. The molecule has 0 saturated heterocycles. The van der Waals surface area contributed by atoms with Gasteiger partial charge in [-0.3, -0.25) is 0 Å². The van der Waals surface area contributed by atoms with Crippen LogP contribution in [0.3, 0.4) is 0 Å². The van der Waals surface area contributed by atoms with Crippen molar-refractivity contribution in [1.82, 2.24) is 5.32 Å². The van der Waals surface area contributed by atoms with Crippen LogP contribution in [0.5, 0.6) is 23.0 Å². The predicted octanol–water partition coefficient (Wildman–Crippen LogP) is 5.85. The Kier molecular flexibility index (Phi) is 6.85. The lowest BCUT2D eigenvalue weighted by Gasteiger charge is -2.15. The Morgan fingerprint density at radius 3 is 2.68 bits per heavy atom. The lowest BCUT2D eigenvalue weighted by Crippen LogP contribution is -2.13. The highest BCUT2D eigenvalue weighted by Gasteiger charge is 2.15. The van der Waals surface area contributed by atoms with Crippen LogP contribution < -0.4 is 24.3 Å². The van der Waals surface area contributed by atoms with Gasteiger partial charge in [-0.15, -0.1) is 0 Å². The van der Waals surface area contributed by atoms with Gasteiger partial charge in [0.1, 0.15) is 12.4 Å². The molecule has 3 aromatic carbocycles. The highest BCUT2D eigenvalue weighted by atomic mass is 79.9. The maximum Gasteiger partial charge on any atom is 0.231 e. The molecule has 5 nitrogen and oxygen atoms in total. The van der Waals surface area contributed by atoms with Crippen LogP contribution in [0.15, 0.2) is 53.0 Å². The van der Waals surface area contributed by atoms with Gasteiger partial charge in [0, 0.05) is 18.7 Å². The van der Waals surface area contributed by atoms with E-state index in [9.17, 15) is 4.39 Å². The first kappa shape index (κ1) is 21.7. The monoisotopic (exact) mass is 507 g/mol. The molecule has 8 heteroatoms. The third-order valence-corrected chi connectivity index (χ3v) is 5.75. The first-order chi connectivity index (χ1) is 15.0. The van der Waals surface area contributed by atoms with Crippen molar-refractivity contribution in [2.45, 2.75) is 19.7 Å². The molecule has 0 amide bonds. The molecule has 162 valence electrons. The van der Waals surface area contributed by atoms with Crippen LogP contribution >= 0.6 is 27.5 Å². The molecule has 0 saturated carbocycles. The van der Waals surface area contributed by atoms with Crippen LogP contribution in [0.1, 0.15) is 16.7 Å². The third-order valence-electron chi connectivity index (χ3n) is 4.81. The smallest absolute Gasteiger partial charge is 0.231 e. The highest BCUT2D eigenvalue weighted by molar-refractivity contribution is 9.10. The normalized spacial score (nSPS) is 12.1. The van der Waals surface area contributed by atoms with Crippen LogP contribution in [-0.4, -0.2) is 13.9 Å². The molecule has 0 aromatic heterocycles. The number of fused-ring (bicyclic) bond motifs is 1. The minimum absolute atomic E-state index is 0.0117. The van der Waals surface area contributed by atoms with Crippen LogP contribution in [-0.2, 0) is 19.7 Å². The molecule has 0 unspecified atom stereocenters. The Bertz CT molecular complexity index is 1080. The summed E-state index contributed by atoms with van der Waals surface area (Å²) in [4.78, 5) is 0. The summed E-state index contributed by atoms with van der Waals surface area (Å²) in [5.41, 5.74) is 2.39. The van der Waals surface area contributed by atoms with Gasteiger partial charge in [0.2, 0.25) is 6.79 Å². The van der Waals surface area contributed by atoms with E-state index in [1.54, 1.807) is 19.2 Å². The van der Waals surface area contributed by atoms with E-state index in [-0.39, 0.29) is 13.4 Å². The van der Waals surface area contributed by atoms with E-state index in [1.807, 2.05) is 30.3 Å². The first-order valence-electron chi connectivity index (χ1n) is 9.56. The minimum Gasteiger partial charge on any atom is -0.493 e. The lowest BCUT2D eigenvalue weighted by atomic mass is 10.1. The SMILES string of the molecule is COc1cc(CNCc2ccc3c(c2)OCO3)cc(Br)c1OCc1c(F)cccc1Cl.